The molecule has 0 aliphatic carbocycles. The summed E-state index contributed by atoms with van der Waals surface area (Å²) >= 11 is 0. The first-order valence-electron chi connectivity index (χ1n) is 10.4. The Balaban J connectivity index is 2.08. The summed E-state index contributed by atoms with van der Waals surface area (Å²) in [6, 6.07) is 19.3. The van der Waals surface area contributed by atoms with E-state index < -0.39 is 5.60 Å². The Labute approximate surface area is 188 Å². The molecule has 0 bridgehead atoms. The van der Waals surface area contributed by atoms with Gasteiger partial charge >= 0.3 is 5.97 Å². The molecule has 1 heterocycles. The average Bonchev–Trinajstić information content (AvgIpc) is 3.11. The van der Waals surface area contributed by atoms with E-state index in [0.717, 1.165) is 28.1 Å². The summed E-state index contributed by atoms with van der Waals surface area (Å²) < 4.78 is 17.9. The Hall–Kier alpha value is -3.67. The first-order chi connectivity index (χ1) is 15.3. The van der Waals surface area contributed by atoms with Gasteiger partial charge in [-0.2, -0.15) is 0 Å². The first-order valence-corrected chi connectivity index (χ1v) is 10.4. The predicted molar refractivity (Wildman–Crippen MR) is 126 cm³/mol. The van der Waals surface area contributed by atoms with Gasteiger partial charge in [0, 0.05) is 68.4 Å². The number of anilines is 2. The molecule has 0 saturated heterocycles. The molecule has 0 N–H and O–H groups in total. The highest BCUT2D eigenvalue weighted by Crippen LogP contribution is 2.53. The third kappa shape index (κ3) is 3.23. The van der Waals surface area contributed by atoms with Crippen LogP contribution in [0.4, 0.5) is 11.4 Å². The van der Waals surface area contributed by atoms with Crippen LogP contribution in [0.1, 0.15) is 27.0 Å². The molecule has 0 spiro atoms. The maximum atomic E-state index is 13.1. The third-order valence-electron chi connectivity index (χ3n) is 5.93. The second-order valence-corrected chi connectivity index (χ2v) is 8.17. The SMILES string of the molecule is COc1cc(N(C)C)ccc1C1(c2ccc(N(C)C)cc2OC)OC(=O)c2ccccc21. The van der Waals surface area contributed by atoms with Crippen molar-refractivity contribution in [3.63, 3.8) is 0 Å². The summed E-state index contributed by atoms with van der Waals surface area (Å²) in [7, 11) is 11.1. The van der Waals surface area contributed by atoms with Crippen LogP contribution in [0, 0.1) is 0 Å². The average molecular weight is 433 g/mol. The van der Waals surface area contributed by atoms with E-state index in [1.165, 1.54) is 0 Å². The molecule has 3 aromatic rings. The lowest BCUT2D eigenvalue weighted by atomic mass is 9.78. The van der Waals surface area contributed by atoms with Crippen molar-refractivity contribution in [3.8, 4) is 11.5 Å². The maximum Gasteiger partial charge on any atom is 0.340 e. The van der Waals surface area contributed by atoms with Gasteiger partial charge in [-0.1, -0.05) is 18.2 Å². The summed E-state index contributed by atoms with van der Waals surface area (Å²) in [4.78, 5) is 17.1. The van der Waals surface area contributed by atoms with Crippen molar-refractivity contribution in [1.82, 2.24) is 0 Å². The van der Waals surface area contributed by atoms with Gasteiger partial charge < -0.3 is 24.0 Å². The molecular weight excluding hydrogens is 404 g/mol. The van der Waals surface area contributed by atoms with Gasteiger partial charge in [-0.3, -0.25) is 0 Å². The van der Waals surface area contributed by atoms with Crippen LogP contribution in [0.5, 0.6) is 11.5 Å². The molecule has 0 aromatic heterocycles. The van der Waals surface area contributed by atoms with Crippen LogP contribution in [-0.4, -0.2) is 48.4 Å². The lowest BCUT2D eigenvalue weighted by Crippen LogP contribution is -2.31. The monoisotopic (exact) mass is 432 g/mol. The molecule has 0 amide bonds. The molecule has 1 aliphatic rings. The van der Waals surface area contributed by atoms with E-state index >= 15 is 0 Å². The Morgan fingerprint density at radius 3 is 1.69 bits per heavy atom. The van der Waals surface area contributed by atoms with Gasteiger partial charge in [0.15, 0.2) is 5.60 Å². The smallest absolute Gasteiger partial charge is 0.340 e. The largest absolute Gasteiger partial charge is 0.496 e. The van der Waals surface area contributed by atoms with Crippen LogP contribution in [0.3, 0.4) is 0 Å². The molecule has 1 aliphatic heterocycles. The zero-order valence-electron chi connectivity index (χ0n) is 19.3. The quantitative estimate of drug-likeness (QED) is 0.542. The van der Waals surface area contributed by atoms with Crippen LogP contribution in [-0.2, 0) is 10.3 Å². The van der Waals surface area contributed by atoms with E-state index in [2.05, 4.69) is 0 Å². The number of cyclic esters (lactones) is 1. The lowest BCUT2D eigenvalue weighted by Gasteiger charge is -2.33. The number of hydrogen-bond donors (Lipinski definition) is 0. The summed E-state index contributed by atoms with van der Waals surface area (Å²) in [5.74, 6) is 0.872. The summed E-state index contributed by atoms with van der Waals surface area (Å²) in [5, 5.41) is 0. The maximum absolute atomic E-state index is 13.1. The van der Waals surface area contributed by atoms with Gasteiger partial charge in [-0.25, -0.2) is 4.79 Å². The van der Waals surface area contributed by atoms with Gasteiger partial charge in [-0.05, 0) is 30.3 Å². The molecule has 32 heavy (non-hydrogen) atoms. The van der Waals surface area contributed by atoms with E-state index in [1.54, 1.807) is 20.3 Å². The zero-order chi connectivity index (χ0) is 23.0. The van der Waals surface area contributed by atoms with Crippen molar-refractivity contribution in [3.05, 3.63) is 82.9 Å². The lowest BCUT2D eigenvalue weighted by molar-refractivity contribution is 0.0239. The summed E-state index contributed by atoms with van der Waals surface area (Å²) in [5.41, 5.74) is 3.52. The molecule has 0 unspecified atom stereocenters. The van der Waals surface area contributed by atoms with Gasteiger partial charge in [0.1, 0.15) is 11.5 Å². The molecule has 0 saturated carbocycles. The normalized spacial score (nSPS) is 13.9. The van der Waals surface area contributed by atoms with Crippen molar-refractivity contribution < 1.29 is 19.0 Å². The molecule has 0 radical (unpaired) electrons. The fraction of sp³-hybridized carbons (Fsp3) is 0.269. The minimum atomic E-state index is -1.21. The fourth-order valence-corrected chi connectivity index (χ4v) is 4.26. The molecule has 6 nitrogen and oxygen atoms in total. The minimum absolute atomic E-state index is 0.377. The molecule has 6 heteroatoms. The van der Waals surface area contributed by atoms with Crippen molar-refractivity contribution in [2.24, 2.45) is 0 Å². The second kappa shape index (κ2) is 8.11. The molecule has 3 aromatic carbocycles. The number of methoxy groups -OCH3 is 2. The Morgan fingerprint density at radius 2 is 1.22 bits per heavy atom. The summed E-state index contributed by atoms with van der Waals surface area (Å²) in [6.07, 6.45) is 0. The van der Waals surface area contributed by atoms with E-state index in [1.807, 2.05) is 92.6 Å². The molecule has 0 fully saturated rings. The first kappa shape index (κ1) is 21.6. The molecule has 0 atom stereocenters. The number of benzene rings is 3. The number of rotatable bonds is 6. The highest BCUT2D eigenvalue weighted by molar-refractivity contribution is 5.96. The number of nitrogens with zero attached hydrogens (tertiary/aromatic N) is 2. The van der Waals surface area contributed by atoms with Crippen LogP contribution >= 0.6 is 0 Å². The van der Waals surface area contributed by atoms with Gasteiger partial charge in [-0.15, -0.1) is 0 Å². The number of hydrogen-bond acceptors (Lipinski definition) is 6. The van der Waals surface area contributed by atoms with E-state index in [-0.39, 0.29) is 5.97 Å². The molecule has 4 rings (SSSR count). The standard InChI is InChI=1S/C26H28N2O4/c1-27(2)17-11-13-21(23(15-17)30-5)26(20-10-8-7-9-19(20)25(29)32-26)22-14-12-18(28(3)4)16-24(22)31-6/h7-16H,1-6H3. The van der Waals surface area contributed by atoms with E-state index in [0.29, 0.717) is 17.1 Å². The topological polar surface area (TPSA) is 51.2 Å². The minimum Gasteiger partial charge on any atom is -0.496 e. The Morgan fingerprint density at radius 1 is 0.719 bits per heavy atom. The zero-order valence-corrected chi connectivity index (χ0v) is 19.3. The molecular formula is C26H28N2O4. The number of esters is 1. The van der Waals surface area contributed by atoms with Gasteiger partial charge in [0.2, 0.25) is 0 Å². The number of ether oxygens (including phenoxy) is 3. The summed E-state index contributed by atoms with van der Waals surface area (Å²) in [6.45, 7) is 0. The second-order valence-electron chi connectivity index (χ2n) is 8.17. The van der Waals surface area contributed by atoms with Gasteiger partial charge in [0.05, 0.1) is 19.8 Å². The van der Waals surface area contributed by atoms with Gasteiger partial charge in [0.25, 0.3) is 0 Å². The van der Waals surface area contributed by atoms with Crippen LogP contribution in [0.15, 0.2) is 60.7 Å². The van der Waals surface area contributed by atoms with Crippen molar-refractivity contribution in [2.75, 3.05) is 52.2 Å². The van der Waals surface area contributed by atoms with Crippen LogP contribution < -0.4 is 19.3 Å². The van der Waals surface area contributed by atoms with Crippen molar-refractivity contribution in [1.29, 1.82) is 0 Å². The fourth-order valence-electron chi connectivity index (χ4n) is 4.26. The van der Waals surface area contributed by atoms with Crippen LogP contribution in [0.2, 0.25) is 0 Å². The Bertz CT molecular complexity index is 1110. The van der Waals surface area contributed by atoms with E-state index in [9.17, 15) is 4.79 Å². The highest BCUT2D eigenvalue weighted by Gasteiger charge is 2.51. The van der Waals surface area contributed by atoms with E-state index in [4.69, 9.17) is 14.2 Å². The Kier molecular flexibility index (Phi) is 5.46. The number of fused-ring (bicyclic) bond motifs is 1. The number of carbonyl (C=O) groups excluding carboxylic acids is 1. The van der Waals surface area contributed by atoms with Crippen LogP contribution in [0.25, 0.3) is 0 Å². The highest BCUT2D eigenvalue weighted by atomic mass is 16.6. The third-order valence-corrected chi connectivity index (χ3v) is 5.93. The van der Waals surface area contributed by atoms with Crippen molar-refractivity contribution in [2.45, 2.75) is 5.60 Å². The number of carbonyl (C=O) groups is 1. The molecule has 166 valence electrons. The van der Waals surface area contributed by atoms with Crippen molar-refractivity contribution >= 4 is 17.3 Å². The predicted octanol–water partition coefficient (Wildman–Crippen LogP) is 4.30.